The molecule has 0 heterocycles. The fraction of sp³-hybridized carbons (Fsp3) is 0.400. The van der Waals surface area contributed by atoms with Gasteiger partial charge in [-0.2, -0.15) is 0 Å². The molecule has 0 unspecified atom stereocenters. The van der Waals surface area contributed by atoms with Gasteiger partial charge in [-0.3, -0.25) is 4.79 Å². The van der Waals surface area contributed by atoms with Crippen LogP contribution < -0.4 is 0 Å². The molecule has 1 aromatic rings. The summed E-state index contributed by atoms with van der Waals surface area (Å²) in [5.41, 5.74) is -0.431. The number of carbonyl (C=O) groups is 1. The summed E-state index contributed by atoms with van der Waals surface area (Å²) in [6, 6.07) is 3.21. The molecule has 110 valence electrons. The van der Waals surface area contributed by atoms with Gasteiger partial charge in [0.1, 0.15) is 11.6 Å². The van der Waals surface area contributed by atoms with E-state index < -0.39 is 17.2 Å². The highest BCUT2D eigenvalue weighted by Gasteiger charge is 2.18. The number of amides is 1. The Morgan fingerprint density at radius 2 is 2.00 bits per heavy atom. The summed E-state index contributed by atoms with van der Waals surface area (Å²) in [5.74, 6) is -1.73. The highest BCUT2D eigenvalue weighted by atomic mass is 19.1. The van der Waals surface area contributed by atoms with Crippen LogP contribution in [0.2, 0.25) is 0 Å². The summed E-state index contributed by atoms with van der Waals surface area (Å²) in [7, 11) is 1.55. The van der Waals surface area contributed by atoms with E-state index in [1.807, 2.05) is 0 Å². The van der Waals surface area contributed by atoms with Crippen molar-refractivity contribution in [3.05, 3.63) is 41.5 Å². The van der Waals surface area contributed by atoms with Crippen molar-refractivity contribution in [1.82, 2.24) is 4.90 Å². The summed E-state index contributed by atoms with van der Waals surface area (Å²) in [4.78, 5) is 13.3. The van der Waals surface area contributed by atoms with Gasteiger partial charge in [-0.05, 0) is 38.5 Å². The summed E-state index contributed by atoms with van der Waals surface area (Å²) < 4.78 is 26.4. The van der Waals surface area contributed by atoms with Crippen LogP contribution in [0.5, 0.6) is 0 Å². The third kappa shape index (κ3) is 4.74. The van der Waals surface area contributed by atoms with Crippen LogP contribution in [0, 0.1) is 11.6 Å². The molecule has 0 aliphatic rings. The molecule has 0 fully saturated rings. The van der Waals surface area contributed by atoms with Crippen LogP contribution >= 0.6 is 0 Å². The number of nitrogens with zero attached hydrogens (tertiary/aromatic N) is 1. The first-order chi connectivity index (χ1) is 9.10. The van der Waals surface area contributed by atoms with Crippen molar-refractivity contribution in [2.24, 2.45) is 0 Å². The van der Waals surface area contributed by atoms with E-state index in [9.17, 15) is 18.7 Å². The van der Waals surface area contributed by atoms with Crippen LogP contribution in [0.25, 0.3) is 5.57 Å². The van der Waals surface area contributed by atoms with Crippen LogP contribution in [0.15, 0.2) is 24.3 Å². The van der Waals surface area contributed by atoms with Crippen molar-refractivity contribution < 1.29 is 18.7 Å². The number of likely N-dealkylation sites (N-methyl/N-ethyl adjacent to an activating group) is 1. The lowest BCUT2D eigenvalue weighted by Gasteiger charge is -2.24. The third-order valence-electron chi connectivity index (χ3n) is 2.70. The van der Waals surface area contributed by atoms with E-state index in [4.69, 9.17) is 0 Å². The SMILES string of the molecule is CC(=CC(=O)N(C)CC(C)(C)O)c1ccc(F)cc1F. The predicted octanol–water partition coefficient (Wildman–Crippen LogP) is 2.60. The molecule has 3 nitrogen and oxygen atoms in total. The fourth-order valence-electron chi connectivity index (χ4n) is 1.84. The van der Waals surface area contributed by atoms with Crippen LogP contribution in [0.1, 0.15) is 26.3 Å². The van der Waals surface area contributed by atoms with E-state index in [1.54, 1.807) is 27.8 Å². The Hall–Kier alpha value is -1.75. The number of carbonyl (C=O) groups excluding carboxylic acids is 1. The largest absolute Gasteiger partial charge is 0.389 e. The molecule has 0 saturated heterocycles. The maximum absolute atomic E-state index is 13.6. The minimum atomic E-state index is -1.01. The Kier molecular flexibility index (Phi) is 5.00. The summed E-state index contributed by atoms with van der Waals surface area (Å²) in [6.07, 6.45) is 1.27. The second-order valence-electron chi connectivity index (χ2n) is 5.46. The molecule has 0 aliphatic heterocycles. The lowest BCUT2D eigenvalue weighted by atomic mass is 10.1. The number of aliphatic hydroxyl groups is 1. The van der Waals surface area contributed by atoms with Gasteiger partial charge in [-0.15, -0.1) is 0 Å². The molecule has 1 aromatic carbocycles. The second kappa shape index (κ2) is 6.13. The van der Waals surface area contributed by atoms with Gasteiger partial charge in [0.25, 0.3) is 0 Å². The Balaban J connectivity index is 2.90. The fourth-order valence-corrected chi connectivity index (χ4v) is 1.84. The Morgan fingerprint density at radius 3 is 2.50 bits per heavy atom. The molecule has 1 N–H and O–H groups in total. The minimum Gasteiger partial charge on any atom is -0.389 e. The Morgan fingerprint density at radius 1 is 1.40 bits per heavy atom. The maximum Gasteiger partial charge on any atom is 0.246 e. The van der Waals surface area contributed by atoms with E-state index in [0.29, 0.717) is 5.57 Å². The average molecular weight is 283 g/mol. The van der Waals surface area contributed by atoms with E-state index in [1.165, 1.54) is 17.0 Å². The Labute approximate surface area is 117 Å². The first-order valence-corrected chi connectivity index (χ1v) is 6.21. The van der Waals surface area contributed by atoms with Gasteiger partial charge in [0.15, 0.2) is 0 Å². The zero-order valence-corrected chi connectivity index (χ0v) is 12.1. The monoisotopic (exact) mass is 283 g/mol. The number of hydrogen-bond donors (Lipinski definition) is 1. The van der Waals surface area contributed by atoms with Gasteiger partial charge in [-0.1, -0.05) is 0 Å². The lowest BCUT2D eigenvalue weighted by Crippen LogP contribution is -2.39. The van der Waals surface area contributed by atoms with Crippen LogP contribution in [-0.2, 0) is 4.79 Å². The number of hydrogen-bond acceptors (Lipinski definition) is 2. The quantitative estimate of drug-likeness (QED) is 0.863. The molecular formula is C15H19F2NO2. The summed E-state index contributed by atoms with van der Waals surface area (Å²) >= 11 is 0. The molecule has 0 aliphatic carbocycles. The van der Waals surface area contributed by atoms with Gasteiger partial charge in [0.05, 0.1) is 5.60 Å². The van der Waals surface area contributed by atoms with Crippen LogP contribution in [0.4, 0.5) is 8.78 Å². The molecule has 20 heavy (non-hydrogen) atoms. The number of rotatable bonds is 4. The first kappa shape index (κ1) is 16.3. The van der Waals surface area contributed by atoms with Crippen LogP contribution in [-0.4, -0.2) is 35.1 Å². The van der Waals surface area contributed by atoms with Gasteiger partial charge in [0.2, 0.25) is 5.91 Å². The van der Waals surface area contributed by atoms with Gasteiger partial charge in [-0.25, -0.2) is 8.78 Å². The van der Waals surface area contributed by atoms with E-state index in [-0.39, 0.29) is 18.0 Å². The third-order valence-corrected chi connectivity index (χ3v) is 2.70. The lowest BCUT2D eigenvalue weighted by molar-refractivity contribution is -0.127. The molecule has 0 spiro atoms. The van der Waals surface area contributed by atoms with Crippen molar-refractivity contribution in [1.29, 1.82) is 0 Å². The van der Waals surface area contributed by atoms with E-state index >= 15 is 0 Å². The zero-order valence-electron chi connectivity index (χ0n) is 12.1. The molecule has 0 atom stereocenters. The van der Waals surface area contributed by atoms with Crippen molar-refractivity contribution in [2.45, 2.75) is 26.4 Å². The molecule has 1 rings (SSSR count). The zero-order chi connectivity index (χ0) is 15.5. The minimum absolute atomic E-state index is 0.154. The van der Waals surface area contributed by atoms with Crippen molar-refractivity contribution in [3.8, 4) is 0 Å². The molecule has 0 radical (unpaired) electrons. The summed E-state index contributed by atoms with van der Waals surface area (Å²) in [6.45, 7) is 4.91. The number of halogens is 2. The second-order valence-corrected chi connectivity index (χ2v) is 5.46. The number of benzene rings is 1. The highest BCUT2D eigenvalue weighted by Crippen LogP contribution is 2.19. The maximum atomic E-state index is 13.6. The molecule has 0 bridgehead atoms. The molecule has 0 aromatic heterocycles. The Bertz CT molecular complexity index is 533. The van der Waals surface area contributed by atoms with Gasteiger partial charge in [0, 0.05) is 31.3 Å². The number of allylic oxidation sites excluding steroid dienone is 1. The summed E-state index contributed by atoms with van der Waals surface area (Å²) in [5, 5.41) is 9.65. The van der Waals surface area contributed by atoms with Gasteiger partial charge < -0.3 is 10.0 Å². The molecule has 5 heteroatoms. The molecular weight excluding hydrogens is 264 g/mol. The first-order valence-electron chi connectivity index (χ1n) is 6.21. The van der Waals surface area contributed by atoms with Crippen molar-refractivity contribution >= 4 is 11.5 Å². The van der Waals surface area contributed by atoms with Crippen molar-refractivity contribution in [3.63, 3.8) is 0 Å². The highest BCUT2D eigenvalue weighted by molar-refractivity contribution is 5.94. The van der Waals surface area contributed by atoms with Gasteiger partial charge >= 0.3 is 0 Å². The van der Waals surface area contributed by atoms with E-state index in [0.717, 1.165) is 12.1 Å². The topological polar surface area (TPSA) is 40.5 Å². The molecule has 0 saturated carbocycles. The smallest absolute Gasteiger partial charge is 0.246 e. The van der Waals surface area contributed by atoms with E-state index in [2.05, 4.69) is 0 Å². The van der Waals surface area contributed by atoms with Crippen LogP contribution in [0.3, 0.4) is 0 Å². The predicted molar refractivity (Wildman–Crippen MR) is 73.9 cm³/mol. The van der Waals surface area contributed by atoms with Crippen molar-refractivity contribution in [2.75, 3.05) is 13.6 Å². The normalized spacial score (nSPS) is 12.4. The standard InChI is InChI=1S/C15H19F2NO2/c1-10(12-6-5-11(16)8-13(12)17)7-14(19)18(4)9-15(2,3)20/h5-8,20H,9H2,1-4H3. The average Bonchev–Trinajstić information content (AvgIpc) is 2.26. The molecule has 1 amide bonds.